The number of benzene rings is 1. The van der Waals surface area contributed by atoms with Gasteiger partial charge in [-0.2, -0.15) is 0 Å². The van der Waals surface area contributed by atoms with Crippen LogP contribution in [0.3, 0.4) is 0 Å². The molecule has 1 saturated heterocycles. The molecule has 2 N–H and O–H groups in total. The van der Waals surface area contributed by atoms with Crippen LogP contribution in [0.25, 0.3) is 10.6 Å². The van der Waals surface area contributed by atoms with Crippen LogP contribution < -0.4 is 5.73 Å². The predicted molar refractivity (Wildman–Crippen MR) is 94.8 cm³/mol. The van der Waals surface area contributed by atoms with Gasteiger partial charge in [0.1, 0.15) is 9.88 Å². The zero-order chi connectivity index (χ0) is 16.6. The van der Waals surface area contributed by atoms with Gasteiger partial charge in [0.25, 0.3) is 5.91 Å². The number of hydrogen-bond acceptors (Lipinski definition) is 4. The van der Waals surface area contributed by atoms with E-state index in [2.05, 4.69) is 37.0 Å². The van der Waals surface area contributed by atoms with Crippen LogP contribution >= 0.6 is 11.3 Å². The molecule has 23 heavy (non-hydrogen) atoms. The summed E-state index contributed by atoms with van der Waals surface area (Å²) in [4.78, 5) is 20.1. The highest BCUT2D eigenvalue weighted by atomic mass is 32.1. The maximum atomic E-state index is 12.8. The Balaban J connectivity index is 1.88. The summed E-state index contributed by atoms with van der Waals surface area (Å²) in [5, 5.41) is 0.929. The van der Waals surface area contributed by atoms with Crippen molar-refractivity contribution < 1.29 is 4.79 Å². The molecule has 0 spiro atoms. The van der Waals surface area contributed by atoms with Gasteiger partial charge in [0, 0.05) is 18.7 Å². The molecule has 1 aliphatic heterocycles. The second-order valence-corrected chi connectivity index (χ2v) is 7.39. The van der Waals surface area contributed by atoms with E-state index in [1.54, 1.807) is 0 Å². The zero-order valence-electron chi connectivity index (χ0n) is 13.9. The first kappa shape index (κ1) is 16.1. The lowest BCUT2D eigenvalue weighted by Gasteiger charge is -2.15. The van der Waals surface area contributed by atoms with Crippen molar-refractivity contribution in [3.05, 3.63) is 39.9 Å². The highest BCUT2D eigenvalue weighted by molar-refractivity contribution is 7.17. The number of carbonyl (C=O) groups excluding carboxylic acids is 1. The van der Waals surface area contributed by atoms with Crippen molar-refractivity contribution in [2.45, 2.75) is 27.2 Å². The van der Waals surface area contributed by atoms with Crippen LogP contribution in [0.1, 0.15) is 32.9 Å². The molecule has 1 aromatic heterocycles. The maximum absolute atomic E-state index is 12.8. The highest BCUT2D eigenvalue weighted by Gasteiger charge is 2.28. The van der Waals surface area contributed by atoms with Crippen molar-refractivity contribution in [1.29, 1.82) is 0 Å². The van der Waals surface area contributed by atoms with E-state index in [1.165, 1.54) is 22.5 Å². The lowest BCUT2D eigenvalue weighted by atomic mass is 10.1. The number of rotatable bonds is 3. The molecule has 1 atom stereocenters. The Labute approximate surface area is 141 Å². The Hall–Kier alpha value is -1.72. The molecule has 4 nitrogen and oxygen atoms in total. The summed E-state index contributed by atoms with van der Waals surface area (Å²) in [7, 11) is 0. The van der Waals surface area contributed by atoms with Crippen LogP contribution in [0.15, 0.2) is 18.2 Å². The topological polar surface area (TPSA) is 59.2 Å². The first-order valence-electron chi connectivity index (χ1n) is 8.04. The Morgan fingerprint density at radius 1 is 1.39 bits per heavy atom. The summed E-state index contributed by atoms with van der Waals surface area (Å²) in [6.45, 7) is 8.32. The van der Waals surface area contributed by atoms with Crippen molar-refractivity contribution in [3.63, 3.8) is 0 Å². The van der Waals surface area contributed by atoms with E-state index in [9.17, 15) is 4.79 Å². The second-order valence-electron chi connectivity index (χ2n) is 6.39. The fraction of sp³-hybridized carbons (Fsp3) is 0.444. The molecule has 3 rings (SSSR count). The average Bonchev–Trinajstić information content (AvgIpc) is 3.13. The molecule has 2 aromatic rings. The molecule has 2 heterocycles. The van der Waals surface area contributed by atoms with Gasteiger partial charge in [-0.25, -0.2) is 4.98 Å². The molecule has 0 saturated carbocycles. The highest BCUT2D eigenvalue weighted by Crippen LogP contribution is 2.32. The summed E-state index contributed by atoms with van der Waals surface area (Å²) < 4.78 is 0. The number of amides is 1. The predicted octanol–water partition coefficient (Wildman–Crippen LogP) is 3.16. The maximum Gasteiger partial charge on any atom is 0.265 e. The summed E-state index contributed by atoms with van der Waals surface area (Å²) in [5.74, 6) is 0.540. The van der Waals surface area contributed by atoms with Gasteiger partial charge in [-0.15, -0.1) is 11.3 Å². The Bertz CT molecular complexity index is 738. The minimum atomic E-state index is 0.104. The van der Waals surface area contributed by atoms with Gasteiger partial charge >= 0.3 is 0 Å². The third-order valence-electron chi connectivity index (χ3n) is 4.51. The van der Waals surface area contributed by atoms with Gasteiger partial charge in [0.2, 0.25) is 0 Å². The molecule has 0 bridgehead atoms. The van der Waals surface area contributed by atoms with E-state index in [-0.39, 0.29) is 5.91 Å². The molecule has 122 valence electrons. The number of aryl methyl sites for hydroxylation is 3. The molecular weight excluding hydrogens is 306 g/mol. The number of hydrogen-bond donors (Lipinski definition) is 1. The first-order valence-corrected chi connectivity index (χ1v) is 8.85. The van der Waals surface area contributed by atoms with E-state index in [0.717, 1.165) is 40.7 Å². The van der Waals surface area contributed by atoms with Gasteiger partial charge in [0.15, 0.2) is 0 Å². The Kier molecular flexibility index (Phi) is 4.50. The van der Waals surface area contributed by atoms with Crippen molar-refractivity contribution in [2.24, 2.45) is 11.7 Å². The molecule has 1 aromatic carbocycles. The van der Waals surface area contributed by atoms with E-state index < -0.39 is 0 Å². The van der Waals surface area contributed by atoms with Gasteiger partial charge in [-0.3, -0.25) is 4.79 Å². The lowest BCUT2D eigenvalue weighted by molar-refractivity contribution is 0.0791. The van der Waals surface area contributed by atoms with Gasteiger partial charge in [-0.05, 0) is 45.2 Å². The summed E-state index contributed by atoms with van der Waals surface area (Å²) in [5.41, 5.74) is 10.1. The van der Waals surface area contributed by atoms with Gasteiger partial charge in [-0.1, -0.05) is 23.8 Å². The van der Waals surface area contributed by atoms with Crippen LogP contribution in [0, 0.1) is 26.7 Å². The number of thiazole rings is 1. The van der Waals surface area contributed by atoms with Crippen LogP contribution in [0.2, 0.25) is 0 Å². The summed E-state index contributed by atoms with van der Waals surface area (Å²) in [6, 6.07) is 6.34. The normalized spacial score (nSPS) is 17.7. The standard InChI is InChI=1S/C18H23N3OS/c1-11-4-5-15(12(2)8-11)17-20-13(3)16(23-17)18(22)21-7-6-14(9-19)10-21/h4-5,8,14H,6-7,9-10,19H2,1-3H3/t14-/m0/s1. The molecule has 0 unspecified atom stereocenters. The SMILES string of the molecule is Cc1ccc(-c2nc(C)c(C(=O)N3CC[C@@H](CN)C3)s2)c(C)c1. The zero-order valence-corrected chi connectivity index (χ0v) is 14.7. The van der Waals surface area contributed by atoms with Crippen LogP contribution in [0.4, 0.5) is 0 Å². The average molecular weight is 329 g/mol. The molecular formula is C18H23N3OS. The Morgan fingerprint density at radius 2 is 2.17 bits per heavy atom. The third kappa shape index (κ3) is 3.16. The van der Waals surface area contributed by atoms with Gasteiger partial charge in [0.05, 0.1) is 5.69 Å². The second kappa shape index (κ2) is 6.42. The van der Waals surface area contributed by atoms with E-state index in [4.69, 9.17) is 5.73 Å². The van der Waals surface area contributed by atoms with Crippen LogP contribution in [0.5, 0.6) is 0 Å². The van der Waals surface area contributed by atoms with Crippen molar-refractivity contribution in [2.75, 3.05) is 19.6 Å². The van der Waals surface area contributed by atoms with E-state index in [0.29, 0.717) is 12.5 Å². The fourth-order valence-electron chi connectivity index (χ4n) is 3.12. The largest absolute Gasteiger partial charge is 0.338 e. The quantitative estimate of drug-likeness (QED) is 0.941. The number of carbonyl (C=O) groups is 1. The number of nitrogens with two attached hydrogens (primary N) is 1. The molecule has 1 aliphatic rings. The van der Waals surface area contributed by atoms with Gasteiger partial charge < -0.3 is 10.6 Å². The number of aromatic nitrogens is 1. The Morgan fingerprint density at radius 3 is 2.83 bits per heavy atom. The van der Waals surface area contributed by atoms with E-state index >= 15 is 0 Å². The van der Waals surface area contributed by atoms with Crippen molar-refractivity contribution >= 4 is 17.2 Å². The molecule has 1 amide bonds. The smallest absolute Gasteiger partial charge is 0.265 e. The number of nitrogens with zero attached hydrogens (tertiary/aromatic N) is 2. The van der Waals surface area contributed by atoms with Crippen LogP contribution in [-0.4, -0.2) is 35.4 Å². The first-order chi connectivity index (χ1) is 11.0. The van der Waals surface area contributed by atoms with Crippen molar-refractivity contribution in [3.8, 4) is 10.6 Å². The molecule has 0 aliphatic carbocycles. The third-order valence-corrected chi connectivity index (χ3v) is 5.69. The summed E-state index contributed by atoms with van der Waals surface area (Å²) in [6.07, 6.45) is 1.00. The monoisotopic (exact) mass is 329 g/mol. The number of likely N-dealkylation sites (tertiary alicyclic amines) is 1. The molecule has 1 fully saturated rings. The summed E-state index contributed by atoms with van der Waals surface area (Å²) >= 11 is 1.50. The van der Waals surface area contributed by atoms with Crippen molar-refractivity contribution in [1.82, 2.24) is 9.88 Å². The minimum Gasteiger partial charge on any atom is -0.338 e. The molecule has 0 radical (unpaired) electrons. The molecule has 5 heteroatoms. The lowest BCUT2D eigenvalue weighted by Crippen LogP contribution is -2.29. The minimum absolute atomic E-state index is 0.104. The fourth-order valence-corrected chi connectivity index (χ4v) is 4.24. The van der Waals surface area contributed by atoms with Crippen LogP contribution in [-0.2, 0) is 0 Å². The van der Waals surface area contributed by atoms with E-state index in [1.807, 2.05) is 11.8 Å².